The number of nitrogens with zero attached hydrogens (tertiary/aromatic N) is 1. The van der Waals surface area contributed by atoms with Crippen LogP contribution in [0.2, 0.25) is 0 Å². The van der Waals surface area contributed by atoms with Crippen LogP contribution in [0.3, 0.4) is 0 Å². The number of hydrazone groups is 1. The first-order valence-electron chi connectivity index (χ1n) is 9.61. The molecule has 23 heavy (non-hydrogen) atoms. The average molecular weight is 339 g/mol. The molecule has 4 heteroatoms. The van der Waals surface area contributed by atoms with Gasteiger partial charge in [-0.25, -0.2) is 5.43 Å². The van der Waals surface area contributed by atoms with E-state index in [4.69, 9.17) is 11.6 Å². The summed E-state index contributed by atoms with van der Waals surface area (Å²) < 4.78 is 0. The topological polar surface area (TPSA) is 41.5 Å². The van der Waals surface area contributed by atoms with Crippen molar-refractivity contribution in [3.05, 3.63) is 0 Å². The Morgan fingerprint density at radius 3 is 2.48 bits per heavy atom. The highest BCUT2D eigenvalue weighted by Gasteiger charge is 2.33. The fourth-order valence-corrected chi connectivity index (χ4v) is 5.32. The van der Waals surface area contributed by atoms with E-state index < -0.39 is 0 Å². The summed E-state index contributed by atoms with van der Waals surface area (Å²) in [6.45, 7) is 2.10. The minimum Gasteiger partial charge on any atom is -0.273 e. The van der Waals surface area contributed by atoms with Gasteiger partial charge in [-0.3, -0.25) is 4.79 Å². The monoisotopic (exact) mass is 338 g/mol. The molecular formula is C19H31ClN2O. The zero-order chi connectivity index (χ0) is 16.2. The molecule has 1 N–H and O–H groups in total. The number of hydrogen-bond acceptors (Lipinski definition) is 2. The number of nitrogens with one attached hydrogen (secondary N) is 1. The van der Waals surface area contributed by atoms with Gasteiger partial charge in [0.25, 0.3) is 0 Å². The second-order valence-corrected chi connectivity index (χ2v) is 8.62. The Morgan fingerprint density at radius 2 is 1.70 bits per heavy atom. The minimum absolute atomic E-state index is 0.0527. The van der Waals surface area contributed by atoms with Crippen LogP contribution in [0, 0.1) is 23.7 Å². The molecule has 3 nitrogen and oxygen atoms in total. The smallest absolute Gasteiger partial charge is 0.243 e. The Kier molecular flexibility index (Phi) is 6.01. The number of carbonyl (C=O) groups excluding carboxylic acids is 1. The lowest BCUT2D eigenvalue weighted by Crippen LogP contribution is -2.34. The van der Waals surface area contributed by atoms with Gasteiger partial charge in [-0.15, -0.1) is 11.6 Å². The fraction of sp³-hybridized carbons (Fsp3) is 0.895. The van der Waals surface area contributed by atoms with Gasteiger partial charge in [-0.2, -0.15) is 5.10 Å². The van der Waals surface area contributed by atoms with Gasteiger partial charge in [0.05, 0.1) is 0 Å². The van der Waals surface area contributed by atoms with E-state index in [1.165, 1.54) is 44.9 Å². The number of hydrogen-bond donors (Lipinski definition) is 1. The van der Waals surface area contributed by atoms with Gasteiger partial charge in [-0.1, -0.05) is 32.1 Å². The van der Waals surface area contributed by atoms with Gasteiger partial charge >= 0.3 is 0 Å². The second-order valence-electron chi connectivity index (χ2n) is 8.00. The van der Waals surface area contributed by atoms with E-state index in [-0.39, 0.29) is 17.2 Å². The lowest BCUT2D eigenvalue weighted by molar-refractivity contribution is -0.125. The van der Waals surface area contributed by atoms with Crippen molar-refractivity contribution in [2.24, 2.45) is 28.8 Å². The number of carbonyl (C=O) groups is 1. The highest BCUT2D eigenvalue weighted by Crippen LogP contribution is 2.43. The van der Waals surface area contributed by atoms with Gasteiger partial charge in [-0.05, 0) is 63.2 Å². The van der Waals surface area contributed by atoms with Crippen LogP contribution in [0.25, 0.3) is 0 Å². The predicted molar refractivity (Wildman–Crippen MR) is 95.6 cm³/mol. The quantitative estimate of drug-likeness (QED) is 0.444. The summed E-state index contributed by atoms with van der Waals surface area (Å²) >= 11 is 6.19. The Hall–Kier alpha value is -0.570. The first kappa shape index (κ1) is 17.3. The maximum atomic E-state index is 12.3. The lowest BCUT2D eigenvalue weighted by Gasteiger charge is -2.39. The van der Waals surface area contributed by atoms with Crippen molar-refractivity contribution in [3.63, 3.8) is 0 Å². The van der Waals surface area contributed by atoms with Gasteiger partial charge in [0.1, 0.15) is 0 Å². The first-order valence-corrected chi connectivity index (χ1v) is 10.0. The van der Waals surface area contributed by atoms with E-state index in [9.17, 15) is 4.79 Å². The standard InChI is InChI=1S/C19H31ClN2O/c1-13(15-10-9-14-5-2-3-6-16(14)11-15)21-22-19(23)17-7-4-8-18(20)12-17/h14-18H,2-12H2,1H3,(H,22,23)/b21-13+. The summed E-state index contributed by atoms with van der Waals surface area (Å²) in [5.41, 5.74) is 3.96. The number of halogens is 1. The molecule has 5 unspecified atom stereocenters. The van der Waals surface area contributed by atoms with E-state index in [0.29, 0.717) is 5.92 Å². The Bertz CT molecular complexity index is 451. The third-order valence-electron chi connectivity index (χ3n) is 6.45. The third-order valence-corrected chi connectivity index (χ3v) is 6.85. The molecule has 0 aromatic rings. The molecule has 3 saturated carbocycles. The van der Waals surface area contributed by atoms with Crippen molar-refractivity contribution in [1.29, 1.82) is 0 Å². The molecule has 1 amide bonds. The van der Waals surface area contributed by atoms with Crippen molar-refractivity contribution in [1.82, 2.24) is 5.43 Å². The van der Waals surface area contributed by atoms with Gasteiger partial charge in [0, 0.05) is 17.0 Å². The average Bonchev–Trinajstić information content (AvgIpc) is 2.59. The van der Waals surface area contributed by atoms with Crippen LogP contribution in [0.1, 0.15) is 77.6 Å². The molecule has 0 saturated heterocycles. The second kappa shape index (κ2) is 8.00. The summed E-state index contributed by atoms with van der Waals surface area (Å²) in [4.78, 5) is 12.3. The molecule has 130 valence electrons. The van der Waals surface area contributed by atoms with Crippen molar-refractivity contribution in [2.75, 3.05) is 0 Å². The highest BCUT2D eigenvalue weighted by molar-refractivity contribution is 6.20. The molecule has 3 fully saturated rings. The Balaban J connectivity index is 1.50. The summed E-state index contributed by atoms with van der Waals surface area (Å²) in [5, 5.41) is 4.62. The van der Waals surface area contributed by atoms with Crippen LogP contribution in [0.15, 0.2) is 5.10 Å². The first-order chi connectivity index (χ1) is 11.1. The van der Waals surface area contributed by atoms with E-state index in [1.807, 2.05) is 0 Å². The maximum absolute atomic E-state index is 12.3. The van der Waals surface area contributed by atoms with Crippen molar-refractivity contribution >= 4 is 23.2 Å². The van der Waals surface area contributed by atoms with Gasteiger partial charge < -0.3 is 0 Å². The van der Waals surface area contributed by atoms with Gasteiger partial charge in [0.15, 0.2) is 0 Å². The van der Waals surface area contributed by atoms with Crippen LogP contribution in [0.4, 0.5) is 0 Å². The van der Waals surface area contributed by atoms with E-state index in [1.54, 1.807) is 0 Å². The number of rotatable bonds is 3. The third kappa shape index (κ3) is 4.49. The zero-order valence-electron chi connectivity index (χ0n) is 14.4. The SMILES string of the molecule is C/C(=N\NC(=O)C1CCCC(Cl)C1)C1CCC2CCCCC2C1. The predicted octanol–water partition coefficient (Wildman–Crippen LogP) is 4.88. The minimum atomic E-state index is 0.0527. The molecule has 0 aliphatic heterocycles. The molecule has 0 aromatic heterocycles. The number of alkyl halides is 1. The number of amides is 1. The van der Waals surface area contributed by atoms with Crippen LogP contribution in [-0.2, 0) is 4.79 Å². The van der Waals surface area contributed by atoms with Crippen molar-refractivity contribution in [2.45, 2.75) is 82.9 Å². The lowest BCUT2D eigenvalue weighted by atomic mass is 9.67. The Labute approximate surface area is 145 Å². The fourth-order valence-electron chi connectivity index (χ4n) is 4.95. The largest absolute Gasteiger partial charge is 0.273 e. The van der Waals surface area contributed by atoms with E-state index in [0.717, 1.165) is 43.2 Å². The molecule has 0 aromatic carbocycles. The molecule has 0 bridgehead atoms. The Morgan fingerprint density at radius 1 is 0.913 bits per heavy atom. The van der Waals surface area contributed by atoms with E-state index >= 15 is 0 Å². The van der Waals surface area contributed by atoms with Crippen LogP contribution in [-0.4, -0.2) is 17.0 Å². The molecule has 3 aliphatic carbocycles. The van der Waals surface area contributed by atoms with Crippen molar-refractivity contribution < 1.29 is 4.79 Å². The van der Waals surface area contributed by atoms with E-state index in [2.05, 4.69) is 17.5 Å². The molecule has 3 rings (SSSR count). The molecule has 0 spiro atoms. The van der Waals surface area contributed by atoms with Crippen LogP contribution in [0.5, 0.6) is 0 Å². The zero-order valence-corrected chi connectivity index (χ0v) is 15.2. The number of fused-ring (bicyclic) bond motifs is 1. The van der Waals surface area contributed by atoms with Crippen LogP contribution < -0.4 is 5.43 Å². The normalized spacial score (nSPS) is 38.7. The van der Waals surface area contributed by atoms with Gasteiger partial charge in [0.2, 0.25) is 5.91 Å². The summed E-state index contributed by atoms with van der Waals surface area (Å²) in [6, 6.07) is 0. The molecule has 3 aliphatic rings. The highest BCUT2D eigenvalue weighted by atomic mass is 35.5. The summed E-state index contributed by atoms with van der Waals surface area (Å²) in [7, 11) is 0. The molecule has 0 heterocycles. The van der Waals surface area contributed by atoms with Crippen molar-refractivity contribution in [3.8, 4) is 0 Å². The molecular weight excluding hydrogens is 308 g/mol. The molecule has 5 atom stereocenters. The van der Waals surface area contributed by atoms with Crippen LogP contribution >= 0.6 is 11.6 Å². The summed E-state index contributed by atoms with van der Waals surface area (Å²) in [5.74, 6) is 2.56. The maximum Gasteiger partial charge on any atom is 0.243 e. The molecule has 0 radical (unpaired) electrons. The summed E-state index contributed by atoms with van der Waals surface area (Å²) in [6.07, 6.45) is 13.4.